The molecule has 6 heteroatoms. The fraction of sp³-hybridized carbons (Fsp3) is 0.300. The maximum absolute atomic E-state index is 12.5. The first-order valence-electron chi connectivity index (χ1n) is 4.39. The van der Waals surface area contributed by atoms with Crippen molar-refractivity contribution in [3.63, 3.8) is 0 Å². The van der Waals surface area contributed by atoms with Gasteiger partial charge in [0.1, 0.15) is 5.82 Å². The first-order valence-corrected chi connectivity index (χ1v) is 4.39. The lowest BCUT2D eigenvalue weighted by Gasteiger charge is -2.14. The molecule has 1 rings (SSSR count). The van der Waals surface area contributed by atoms with Crippen molar-refractivity contribution in [2.75, 3.05) is 11.9 Å². The van der Waals surface area contributed by atoms with Crippen LogP contribution in [0.3, 0.4) is 0 Å². The van der Waals surface area contributed by atoms with Crippen LogP contribution in [0.25, 0.3) is 0 Å². The van der Waals surface area contributed by atoms with Gasteiger partial charge in [0, 0.05) is 12.2 Å². The molecule has 16 heavy (non-hydrogen) atoms. The van der Waals surface area contributed by atoms with Crippen molar-refractivity contribution >= 4 is 5.69 Å². The Bertz CT molecular complexity index is 377. The van der Waals surface area contributed by atoms with Crippen molar-refractivity contribution in [3.05, 3.63) is 30.1 Å². The third-order valence-electron chi connectivity index (χ3n) is 1.91. The first-order chi connectivity index (χ1) is 7.43. The number of anilines is 1. The molecule has 0 bridgehead atoms. The van der Waals surface area contributed by atoms with Gasteiger partial charge in [-0.25, -0.2) is 4.39 Å². The van der Waals surface area contributed by atoms with Crippen LogP contribution in [0.4, 0.5) is 23.2 Å². The minimum Gasteiger partial charge on any atom is -0.383 e. The van der Waals surface area contributed by atoms with Crippen molar-refractivity contribution in [1.82, 2.24) is 0 Å². The second-order valence-electron chi connectivity index (χ2n) is 3.11. The van der Waals surface area contributed by atoms with E-state index in [9.17, 15) is 17.6 Å². The lowest BCUT2D eigenvalue weighted by atomic mass is 10.1. The molecule has 1 aromatic rings. The molecule has 0 amide bonds. The second-order valence-corrected chi connectivity index (χ2v) is 3.11. The minimum atomic E-state index is -4.55. The highest BCUT2D eigenvalue weighted by atomic mass is 19.4. The van der Waals surface area contributed by atoms with Gasteiger partial charge in [-0.3, -0.25) is 0 Å². The molecular weight excluding hydrogens is 224 g/mol. The largest absolute Gasteiger partial charge is 0.406 e. The summed E-state index contributed by atoms with van der Waals surface area (Å²) in [4.78, 5) is 0. The van der Waals surface area contributed by atoms with Crippen molar-refractivity contribution in [2.45, 2.75) is 6.18 Å². The first kappa shape index (κ1) is 12.3. The van der Waals surface area contributed by atoms with Crippen LogP contribution in [-0.4, -0.2) is 12.7 Å². The summed E-state index contributed by atoms with van der Waals surface area (Å²) < 4.78 is 49.0. The highest BCUT2D eigenvalue weighted by molar-refractivity contribution is 5.43. The van der Waals surface area contributed by atoms with Crippen molar-refractivity contribution in [3.8, 4) is 6.07 Å². The molecule has 0 aromatic heterocycles. The highest BCUT2D eigenvalue weighted by Crippen LogP contribution is 2.25. The normalized spacial score (nSPS) is 12.9. The Hall–Kier alpha value is -1.77. The summed E-state index contributed by atoms with van der Waals surface area (Å²) in [5.74, 6) is -2.55. The summed E-state index contributed by atoms with van der Waals surface area (Å²) >= 11 is 0. The number of rotatable bonds is 3. The molecule has 0 aliphatic heterocycles. The van der Waals surface area contributed by atoms with Crippen molar-refractivity contribution < 1.29 is 17.6 Å². The SMILES string of the molecule is N#CC(CNc1ccc(F)cc1)C(F)(F)F. The van der Waals surface area contributed by atoms with Gasteiger partial charge >= 0.3 is 6.18 Å². The number of nitriles is 1. The fourth-order valence-electron chi connectivity index (χ4n) is 1.02. The number of nitrogens with zero attached hydrogens (tertiary/aromatic N) is 1. The van der Waals surface area contributed by atoms with Gasteiger partial charge in [0.25, 0.3) is 0 Å². The van der Waals surface area contributed by atoms with Crippen molar-refractivity contribution in [2.24, 2.45) is 5.92 Å². The Morgan fingerprint density at radius 2 is 1.81 bits per heavy atom. The zero-order chi connectivity index (χ0) is 12.2. The molecule has 0 aliphatic rings. The van der Waals surface area contributed by atoms with Crippen LogP contribution < -0.4 is 5.32 Å². The van der Waals surface area contributed by atoms with Crippen LogP contribution in [0.5, 0.6) is 0 Å². The number of alkyl halides is 3. The quantitative estimate of drug-likeness (QED) is 0.813. The smallest absolute Gasteiger partial charge is 0.383 e. The summed E-state index contributed by atoms with van der Waals surface area (Å²) in [6.45, 7) is -0.550. The molecule has 2 nitrogen and oxygen atoms in total. The van der Waals surface area contributed by atoms with Gasteiger partial charge < -0.3 is 5.32 Å². The molecule has 1 atom stereocenters. The number of halogens is 4. The van der Waals surface area contributed by atoms with Crippen LogP contribution in [0, 0.1) is 23.1 Å². The molecule has 0 saturated carbocycles. The Morgan fingerprint density at radius 1 is 1.25 bits per heavy atom. The molecule has 0 fully saturated rings. The zero-order valence-electron chi connectivity index (χ0n) is 8.05. The number of hydrogen-bond donors (Lipinski definition) is 1. The zero-order valence-corrected chi connectivity index (χ0v) is 8.05. The standard InChI is InChI=1S/C10H8F4N2/c11-8-1-3-9(4-2-8)16-6-7(5-15)10(12,13)14/h1-4,7,16H,6H2. The van der Waals surface area contributed by atoms with Crippen LogP contribution in [-0.2, 0) is 0 Å². The molecule has 86 valence electrons. The van der Waals surface area contributed by atoms with Gasteiger partial charge in [0.2, 0.25) is 0 Å². The van der Waals surface area contributed by atoms with E-state index in [0.29, 0.717) is 5.69 Å². The lowest BCUT2D eigenvalue weighted by molar-refractivity contribution is -0.155. The maximum atomic E-state index is 12.5. The van der Waals surface area contributed by atoms with Gasteiger partial charge in [-0.1, -0.05) is 0 Å². The van der Waals surface area contributed by atoms with E-state index in [1.165, 1.54) is 12.1 Å². The Balaban J connectivity index is 2.57. The highest BCUT2D eigenvalue weighted by Gasteiger charge is 2.39. The Morgan fingerprint density at radius 3 is 2.25 bits per heavy atom. The topological polar surface area (TPSA) is 35.8 Å². The van der Waals surface area contributed by atoms with E-state index in [2.05, 4.69) is 5.32 Å². The fourth-order valence-corrected chi connectivity index (χ4v) is 1.02. The van der Waals surface area contributed by atoms with E-state index < -0.39 is 24.5 Å². The number of nitrogens with one attached hydrogen (secondary N) is 1. The van der Waals surface area contributed by atoms with Gasteiger partial charge in [0.05, 0.1) is 6.07 Å². The van der Waals surface area contributed by atoms with Crippen LogP contribution >= 0.6 is 0 Å². The van der Waals surface area contributed by atoms with E-state index in [4.69, 9.17) is 5.26 Å². The molecule has 0 aliphatic carbocycles. The van der Waals surface area contributed by atoms with Gasteiger partial charge in [-0.15, -0.1) is 0 Å². The predicted octanol–water partition coefficient (Wildman–Crippen LogP) is 2.94. The molecule has 0 heterocycles. The number of hydrogen-bond acceptors (Lipinski definition) is 2. The Kier molecular flexibility index (Phi) is 3.72. The van der Waals surface area contributed by atoms with Gasteiger partial charge in [-0.05, 0) is 24.3 Å². The Labute approximate surface area is 89.5 Å². The molecule has 1 N–H and O–H groups in total. The summed E-state index contributed by atoms with van der Waals surface area (Å²) in [6, 6.07) is 6.02. The van der Waals surface area contributed by atoms with E-state index in [-0.39, 0.29) is 0 Å². The molecule has 1 unspecified atom stereocenters. The average Bonchev–Trinajstić information content (AvgIpc) is 2.19. The summed E-state index contributed by atoms with van der Waals surface area (Å²) in [5.41, 5.74) is 0.339. The summed E-state index contributed by atoms with van der Waals surface area (Å²) in [5, 5.41) is 10.7. The molecule has 1 aromatic carbocycles. The third-order valence-corrected chi connectivity index (χ3v) is 1.91. The third kappa shape index (κ3) is 3.42. The van der Waals surface area contributed by atoms with Gasteiger partial charge in [-0.2, -0.15) is 18.4 Å². The monoisotopic (exact) mass is 232 g/mol. The van der Waals surface area contributed by atoms with E-state index in [1.54, 1.807) is 0 Å². The lowest BCUT2D eigenvalue weighted by Crippen LogP contribution is -2.28. The van der Waals surface area contributed by atoms with E-state index in [1.807, 2.05) is 0 Å². The van der Waals surface area contributed by atoms with Crippen LogP contribution in [0.2, 0.25) is 0 Å². The summed E-state index contributed by atoms with van der Waals surface area (Å²) in [6.07, 6.45) is -4.55. The summed E-state index contributed by atoms with van der Waals surface area (Å²) in [7, 11) is 0. The van der Waals surface area contributed by atoms with Crippen molar-refractivity contribution in [1.29, 1.82) is 5.26 Å². The predicted molar refractivity (Wildman–Crippen MR) is 50.0 cm³/mol. The van der Waals surface area contributed by atoms with E-state index >= 15 is 0 Å². The second kappa shape index (κ2) is 4.84. The van der Waals surface area contributed by atoms with Crippen LogP contribution in [0.15, 0.2) is 24.3 Å². The van der Waals surface area contributed by atoms with Crippen LogP contribution in [0.1, 0.15) is 0 Å². The van der Waals surface area contributed by atoms with E-state index in [0.717, 1.165) is 18.2 Å². The molecular formula is C10H8F4N2. The minimum absolute atomic E-state index is 0.339. The molecule has 0 radical (unpaired) electrons. The average molecular weight is 232 g/mol. The maximum Gasteiger partial charge on any atom is 0.406 e. The van der Waals surface area contributed by atoms with Gasteiger partial charge in [0.15, 0.2) is 5.92 Å². The number of benzene rings is 1. The molecule has 0 spiro atoms. The molecule has 0 saturated heterocycles.